The highest BCUT2D eigenvalue weighted by Gasteiger charge is 2.20. The van der Waals surface area contributed by atoms with E-state index < -0.39 is 34.6 Å². The Kier molecular flexibility index (Phi) is 3.80. The van der Waals surface area contributed by atoms with Crippen molar-refractivity contribution in [2.45, 2.75) is 26.7 Å². The van der Waals surface area contributed by atoms with Crippen molar-refractivity contribution in [2.24, 2.45) is 0 Å². The van der Waals surface area contributed by atoms with Crippen LogP contribution in [0.3, 0.4) is 0 Å². The standard InChI is InChI=1S/C12H14O6/c1-3-5-7(11(15)16)10(14)6(4-2)8(9(5)13)12(17)18/h13-14H,3-4H2,1-2H3,(H,15,16)(H,17,18)/p-2. The Morgan fingerprint density at radius 3 is 1.33 bits per heavy atom. The van der Waals surface area contributed by atoms with Crippen LogP contribution in [0.25, 0.3) is 0 Å². The molecule has 0 aliphatic carbocycles. The first-order valence-corrected chi connectivity index (χ1v) is 5.39. The topological polar surface area (TPSA) is 121 Å². The van der Waals surface area contributed by atoms with Gasteiger partial charge in [-0.15, -0.1) is 0 Å². The first-order valence-electron chi connectivity index (χ1n) is 5.39. The average Bonchev–Trinajstić information content (AvgIpc) is 2.29. The lowest BCUT2D eigenvalue weighted by Crippen LogP contribution is -2.18. The Bertz CT molecular complexity index is 470. The van der Waals surface area contributed by atoms with Crippen molar-refractivity contribution >= 4 is 11.9 Å². The quantitative estimate of drug-likeness (QED) is 0.797. The molecular weight excluding hydrogens is 240 g/mol. The molecule has 0 aliphatic heterocycles. The van der Waals surface area contributed by atoms with Crippen LogP contribution in [-0.2, 0) is 12.8 Å². The molecule has 0 fully saturated rings. The Hall–Kier alpha value is -2.24. The van der Waals surface area contributed by atoms with Gasteiger partial charge in [-0.3, -0.25) is 0 Å². The van der Waals surface area contributed by atoms with Gasteiger partial charge in [0.25, 0.3) is 0 Å². The highest BCUT2D eigenvalue weighted by atomic mass is 16.4. The SMILES string of the molecule is CCc1c([O-])c(C(=O)O)c(CC)c([O-])c1C(=O)O. The van der Waals surface area contributed by atoms with Crippen LogP contribution in [0.5, 0.6) is 11.5 Å². The molecule has 1 aromatic rings. The maximum absolute atomic E-state index is 11.9. The summed E-state index contributed by atoms with van der Waals surface area (Å²) < 4.78 is 0. The molecule has 0 atom stereocenters. The molecule has 0 bridgehead atoms. The molecular formula is C12H12O6-2. The summed E-state index contributed by atoms with van der Waals surface area (Å²) in [4.78, 5) is 22.0. The average molecular weight is 252 g/mol. The maximum Gasteiger partial charge on any atom is 0.335 e. The van der Waals surface area contributed by atoms with Gasteiger partial charge in [0.05, 0.1) is 11.1 Å². The van der Waals surface area contributed by atoms with Crippen LogP contribution in [0.15, 0.2) is 0 Å². The summed E-state index contributed by atoms with van der Waals surface area (Å²) >= 11 is 0. The van der Waals surface area contributed by atoms with Gasteiger partial charge in [-0.05, 0) is 24.0 Å². The number of hydrogen-bond donors (Lipinski definition) is 2. The molecule has 0 unspecified atom stereocenters. The summed E-state index contributed by atoms with van der Waals surface area (Å²) in [6.45, 7) is 3.00. The van der Waals surface area contributed by atoms with Crippen molar-refractivity contribution in [1.82, 2.24) is 0 Å². The van der Waals surface area contributed by atoms with E-state index in [1.165, 1.54) is 13.8 Å². The minimum Gasteiger partial charge on any atom is -0.872 e. The Balaban J connectivity index is 3.85. The van der Waals surface area contributed by atoms with Crippen LogP contribution in [0.2, 0.25) is 0 Å². The zero-order valence-electron chi connectivity index (χ0n) is 9.94. The summed E-state index contributed by atoms with van der Waals surface area (Å²) in [7, 11) is 0. The van der Waals surface area contributed by atoms with Gasteiger partial charge in [0, 0.05) is 0 Å². The molecule has 0 spiro atoms. The summed E-state index contributed by atoms with van der Waals surface area (Å²) in [5.74, 6) is -4.75. The molecule has 6 nitrogen and oxygen atoms in total. The number of carboxylic acid groups (broad SMARTS) is 2. The second-order valence-electron chi connectivity index (χ2n) is 3.68. The fourth-order valence-electron chi connectivity index (χ4n) is 1.93. The van der Waals surface area contributed by atoms with Crippen LogP contribution < -0.4 is 10.2 Å². The molecule has 0 radical (unpaired) electrons. The van der Waals surface area contributed by atoms with E-state index in [-0.39, 0.29) is 24.0 Å². The van der Waals surface area contributed by atoms with E-state index in [0.29, 0.717) is 0 Å². The van der Waals surface area contributed by atoms with Gasteiger partial charge in [0.15, 0.2) is 0 Å². The van der Waals surface area contributed by atoms with E-state index in [9.17, 15) is 19.8 Å². The van der Waals surface area contributed by atoms with Crippen molar-refractivity contribution in [1.29, 1.82) is 0 Å². The van der Waals surface area contributed by atoms with Gasteiger partial charge >= 0.3 is 11.9 Å². The number of carbonyl (C=O) groups is 2. The first-order chi connectivity index (χ1) is 8.36. The maximum atomic E-state index is 11.9. The molecule has 1 aromatic carbocycles. The first kappa shape index (κ1) is 13.8. The van der Waals surface area contributed by atoms with Crippen molar-refractivity contribution in [3.05, 3.63) is 22.3 Å². The van der Waals surface area contributed by atoms with E-state index in [1.54, 1.807) is 0 Å². The highest BCUT2D eigenvalue weighted by Crippen LogP contribution is 2.35. The van der Waals surface area contributed by atoms with Crippen LogP contribution >= 0.6 is 0 Å². The minimum absolute atomic E-state index is 0.0000189. The lowest BCUT2D eigenvalue weighted by atomic mass is 9.92. The zero-order chi connectivity index (χ0) is 14.0. The minimum atomic E-state index is -1.50. The fourth-order valence-corrected chi connectivity index (χ4v) is 1.93. The Morgan fingerprint density at radius 2 is 1.17 bits per heavy atom. The molecule has 18 heavy (non-hydrogen) atoms. The molecule has 0 aromatic heterocycles. The van der Waals surface area contributed by atoms with Gasteiger partial charge in [-0.2, -0.15) is 0 Å². The zero-order valence-corrected chi connectivity index (χ0v) is 9.94. The largest absolute Gasteiger partial charge is 0.872 e. The molecule has 6 heteroatoms. The number of carboxylic acids is 2. The van der Waals surface area contributed by atoms with E-state index in [1.807, 2.05) is 0 Å². The van der Waals surface area contributed by atoms with Crippen LogP contribution in [0, 0.1) is 0 Å². The molecule has 0 amide bonds. The summed E-state index contributed by atoms with van der Waals surface area (Å²) in [6, 6.07) is 0. The van der Waals surface area contributed by atoms with Gasteiger partial charge in [0.2, 0.25) is 0 Å². The lowest BCUT2D eigenvalue weighted by Gasteiger charge is -2.27. The molecule has 1 rings (SSSR count). The molecule has 0 heterocycles. The van der Waals surface area contributed by atoms with Crippen molar-refractivity contribution in [3.63, 3.8) is 0 Å². The third kappa shape index (κ3) is 1.97. The normalized spacial score (nSPS) is 10.3. The van der Waals surface area contributed by atoms with Crippen LogP contribution in [0.1, 0.15) is 45.7 Å². The van der Waals surface area contributed by atoms with Crippen LogP contribution in [0.4, 0.5) is 0 Å². The smallest absolute Gasteiger partial charge is 0.335 e. The predicted octanol–water partition coefficient (Wildman–Crippen LogP) is 0.355. The van der Waals surface area contributed by atoms with Gasteiger partial charge in [0.1, 0.15) is 0 Å². The Morgan fingerprint density at radius 1 is 0.889 bits per heavy atom. The molecule has 0 saturated heterocycles. The number of hydrogen-bond acceptors (Lipinski definition) is 4. The second kappa shape index (κ2) is 4.95. The second-order valence-corrected chi connectivity index (χ2v) is 3.68. The highest BCUT2D eigenvalue weighted by molar-refractivity contribution is 6.00. The van der Waals surface area contributed by atoms with Crippen molar-refractivity contribution in [3.8, 4) is 11.5 Å². The Labute approximate surface area is 103 Å². The molecule has 2 N–H and O–H groups in total. The summed E-state index contributed by atoms with van der Waals surface area (Å²) in [5.41, 5.74) is -1.71. The van der Waals surface area contributed by atoms with E-state index in [2.05, 4.69) is 0 Å². The van der Waals surface area contributed by atoms with Crippen LogP contribution in [-0.4, -0.2) is 22.2 Å². The predicted molar refractivity (Wildman–Crippen MR) is 58.0 cm³/mol. The molecule has 0 saturated carbocycles. The van der Waals surface area contributed by atoms with Gasteiger partial charge < -0.3 is 20.4 Å². The number of aromatic carboxylic acids is 2. The lowest BCUT2D eigenvalue weighted by molar-refractivity contribution is -0.277. The monoisotopic (exact) mass is 252 g/mol. The van der Waals surface area contributed by atoms with E-state index >= 15 is 0 Å². The van der Waals surface area contributed by atoms with Gasteiger partial charge in [-0.25, -0.2) is 9.59 Å². The third-order valence-electron chi connectivity index (χ3n) is 2.74. The number of benzene rings is 1. The van der Waals surface area contributed by atoms with Crippen molar-refractivity contribution < 1.29 is 30.0 Å². The third-order valence-corrected chi connectivity index (χ3v) is 2.74. The summed E-state index contributed by atoms with van der Waals surface area (Å²) in [5, 5.41) is 41.8. The number of rotatable bonds is 4. The van der Waals surface area contributed by atoms with E-state index in [4.69, 9.17) is 10.2 Å². The van der Waals surface area contributed by atoms with E-state index in [0.717, 1.165) is 0 Å². The summed E-state index contributed by atoms with van der Waals surface area (Å²) in [6.07, 6.45) is -0.0000378. The van der Waals surface area contributed by atoms with Gasteiger partial charge in [-0.1, -0.05) is 25.3 Å². The molecule has 98 valence electrons. The van der Waals surface area contributed by atoms with Crippen molar-refractivity contribution in [2.75, 3.05) is 0 Å². The fraction of sp³-hybridized carbons (Fsp3) is 0.333. The molecule has 0 aliphatic rings.